The van der Waals surface area contributed by atoms with E-state index in [2.05, 4.69) is 10.3 Å². The van der Waals surface area contributed by atoms with Crippen molar-refractivity contribution >= 4 is 27.3 Å². The number of thiazole rings is 1. The predicted octanol–water partition coefficient (Wildman–Crippen LogP) is 1.63. The third kappa shape index (κ3) is 3.52. The number of nitrogens with zero attached hydrogens (tertiary/aromatic N) is 2. The first-order valence-electron chi connectivity index (χ1n) is 6.54. The number of aryl methyl sites for hydroxylation is 1. The molecule has 0 spiro atoms. The topological polar surface area (TPSA) is 79.4 Å². The van der Waals surface area contributed by atoms with E-state index in [1.54, 1.807) is 0 Å². The smallest absolute Gasteiger partial charge is 0.251 e. The van der Waals surface area contributed by atoms with Crippen molar-refractivity contribution in [1.82, 2.24) is 14.6 Å². The number of amides is 1. The highest BCUT2D eigenvalue weighted by Crippen LogP contribution is 2.18. The van der Waals surface area contributed by atoms with Crippen LogP contribution in [0, 0.1) is 6.92 Å². The lowest BCUT2D eigenvalue weighted by atomic mass is 10.2. The Kier molecular flexibility index (Phi) is 4.94. The molecule has 1 amide bonds. The maximum absolute atomic E-state index is 12.5. The van der Waals surface area contributed by atoms with Gasteiger partial charge in [-0.05, 0) is 31.2 Å². The molecule has 0 aliphatic carbocycles. The van der Waals surface area contributed by atoms with Crippen LogP contribution in [-0.4, -0.2) is 37.7 Å². The van der Waals surface area contributed by atoms with Crippen LogP contribution >= 0.6 is 11.3 Å². The quantitative estimate of drug-likeness (QED) is 0.898. The lowest BCUT2D eigenvalue weighted by molar-refractivity contribution is 0.0963. The van der Waals surface area contributed by atoms with Crippen molar-refractivity contribution in [2.24, 2.45) is 0 Å². The molecule has 2 aromatic rings. The van der Waals surface area contributed by atoms with Crippen LogP contribution in [0.1, 0.15) is 21.1 Å². The number of carbonyl (C=O) groups excluding carboxylic acids is 1. The molecule has 0 saturated heterocycles. The van der Waals surface area contributed by atoms with Gasteiger partial charge in [-0.1, -0.05) is 0 Å². The normalized spacial score (nSPS) is 11.6. The summed E-state index contributed by atoms with van der Waals surface area (Å²) in [7, 11) is -0.576. The van der Waals surface area contributed by atoms with Crippen molar-refractivity contribution in [3.8, 4) is 0 Å². The van der Waals surface area contributed by atoms with E-state index in [0.29, 0.717) is 5.56 Å². The summed E-state index contributed by atoms with van der Waals surface area (Å²) in [4.78, 5) is 15.9. The van der Waals surface area contributed by atoms with Crippen LogP contribution in [0.15, 0.2) is 34.5 Å². The number of rotatable bonds is 5. The van der Waals surface area contributed by atoms with Crippen molar-refractivity contribution in [3.05, 3.63) is 45.9 Å². The highest BCUT2D eigenvalue weighted by atomic mass is 32.2. The van der Waals surface area contributed by atoms with Crippen LogP contribution in [0.25, 0.3) is 0 Å². The molecule has 1 aromatic heterocycles. The van der Waals surface area contributed by atoms with Gasteiger partial charge in [0.15, 0.2) is 0 Å². The molecule has 0 saturated carbocycles. The molecular weight excluding hydrogens is 322 g/mol. The summed E-state index contributed by atoms with van der Waals surface area (Å²) < 4.78 is 26.2. The third-order valence-corrected chi connectivity index (χ3v) is 5.74. The molecule has 118 valence electrons. The van der Waals surface area contributed by atoms with Crippen molar-refractivity contribution < 1.29 is 13.2 Å². The zero-order chi connectivity index (χ0) is 16.3. The molecule has 0 atom stereocenters. The zero-order valence-corrected chi connectivity index (χ0v) is 14.2. The average molecular weight is 339 g/mol. The highest BCUT2D eigenvalue weighted by molar-refractivity contribution is 7.89. The second-order valence-corrected chi connectivity index (χ2v) is 7.83. The number of aromatic nitrogens is 1. The van der Waals surface area contributed by atoms with Gasteiger partial charge < -0.3 is 5.32 Å². The van der Waals surface area contributed by atoms with Gasteiger partial charge in [-0.25, -0.2) is 13.4 Å². The van der Waals surface area contributed by atoms with Crippen LogP contribution < -0.4 is 5.32 Å². The summed E-state index contributed by atoms with van der Waals surface area (Å²) in [5, 5.41) is 5.23. The van der Waals surface area contributed by atoms with Gasteiger partial charge in [0.25, 0.3) is 5.91 Å². The van der Waals surface area contributed by atoms with Crippen molar-refractivity contribution in [2.75, 3.05) is 14.1 Å². The lowest BCUT2D eigenvalue weighted by Gasteiger charge is -2.16. The molecule has 0 fully saturated rings. The molecule has 0 aliphatic rings. The van der Waals surface area contributed by atoms with E-state index in [-0.39, 0.29) is 17.3 Å². The van der Waals surface area contributed by atoms with E-state index in [1.807, 2.05) is 12.3 Å². The molecule has 2 rings (SSSR count). The summed E-state index contributed by atoms with van der Waals surface area (Å²) in [5.74, 6) is -0.254. The first kappa shape index (κ1) is 16.6. The molecule has 22 heavy (non-hydrogen) atoms. The van der Waals surface area contributed by atoms with Crippen molar-refractivity contribution in [1.29, 1.82) is 0 Å². The Bertz CT molecular complexity index is 767. The summed E-state index contributed by atoms with van der Waals surface area (Å²) in [6.07, 6.45) is 0. The van der Waals surface area contributed by atoms with E-state index in [0.717, 1.165) is 10.7 Å². The minimum Gasteiger partial charge on any atom is -0.355 e. The lowest BCUT2D eigenvalue weighted by Crippen LogP contribution is -2.26. The van der Waals surface area contributed by atoms with Crippen LogP contribution in [0.2, 0.25) is 0 Å². The fraction of sp³-hybridized carbons (Fsp3) is 0.286. The Balaban J connectivity index is 2.20. The number of carbonyl (C=O) groups is 1. The van der Waals surface area contributed by atoms with Gasteiger partial charge in [-0.15, -0.1) is 11.3 Å². The molecular formula is C14H17N3O3S2. The maximum atomic E-state index is 12.5. The third-order valence-electron chi connectivity index (χ3n) is 3.10. The van der Waals surface area contributed by atoms with E-state index in [1.165, 1.54) is 54.0 Å². The molecule has 0 unspecified atom stereocenters. The Morgan fingerprint density at radius 2 is 1.95 bits per heavy atom. The van der Waals surface area contributed by atoms with Gasteiger partial charge in [0.05, 0.1) is 22.1 Å². The summed E-state index contributed by atoms with van der Waals surface area (Å²) in [6, 6.07) is 5.85. The Hall–Kier alpha value is -1.77. The monoisotopic (exact) mass is 339 g/mol. The van der Waals surface area contributed by atoms with Gasteiger partial charge in [-0.3, -0.25) is 4.79 Å². The minimum absolute atomic E-state index is 0.148. The largest absolute Gasteiger partial charge is 0.355 e. The fourth-order valence-corrected chi connectivity index (χ4v) is 3.64. The molecule has 6 nitrogen and oxygen atoms in total. The fourth-order valence-electron chi connectivity index (χ4n) is 1.90. The molecule has 1 aromatic carbocycles. The van der Waals surface area contributed by atoms with Crippen molar-refractivity contribution in [2.45, 2.75) is 18.4 Å². The number of hydrogen-bond donors (Lipinski definition) is 1. The standard InChI is InChI=1S/C14H17N3O3S2/c1-10-16-12(9-21-10)8-17(3)22(19,20)13-6-4-11(5-7-13)14(18)15-2/h4-7,9H,8H2,1-3H3,(H,15,18). The zero-order valence-electron chi connectivity index (χ0n) is 12.5. The predicted molar refractivity (Wildman–Crippen MR) is 85.3 cm³/mol. The first-order chi connectivity index (χ1) is 10.3. The molecule has 0 radical (unpaired) electrons. The average Bonchev–Trinajstić information content (AvgIpc) is 2.91. The van der Waals surface area contributed by atoms with Crippen LogP contribution in [0.4, 0.5) is 0 Å². The number of nitrogens with one attached hydrogen (secondary N) is 1. The van der Waals surface area contributed by atoms with Gasteiger partial charge in [0.2, 0.25) is 10.0 Å². The van der Waals surface area contributed by atoms with E-state index < -0.39 is 10.0 Å². The van der Waals surface area contributed by atoms with Gasteiger partial charge in [0, 0.05) is 25.0 Å². The van der Waals surface area contributed by atoms with Crippen LogP contribution in [0.5, 0.6) is 0 Å². The number of sulfonamides is 1. The van der Waals surface area contributed by atoms with Crippen LogP contribution in [0.3, 0.4) is 0 Å². The molecule has 1 heterocycles. The Labute approximate surface area is 133 Å². The number of benzene rings is 1. The van der Waals surface area contributed by atoms with E-state index in [4.69, 9.17) is 0 Å². The first-order valence-corrected chi connectivity index (χ1v) is 8.86. The SMILES string of the molecule is CNC(=O)c1ccc(S(=O)(=O)N(C)Cc2csc(C)n2)cc1. The molecule has 1 N–H and O–H groups in total. The maximum Gasteiger partial charge on any atom is 0.251 e. The van der Waals surface area contributed by atoms with E-state index in [9.17, 15) is 13.2 Å². The van der Waals surface area contributed by atoms with Crippen molar-refractivity contribution in [3.63, 3.8) is 0 Å². The molecule has 8 heteroatoms. The Morgan fingerprint density at radius 3 is 2.45 bits per heavy atom. The molecule has 0 bridgehead atoms. The van der Waals surface area contributed by atoms with Gasteiger partial charge in [-0.2, -0.15) is 4.31 Å². The van der Waals surface area contributed by atoms with E-state index >= 15 is 0 Å². The minimum atomic E-state index is -3.61. The highest BCUT2D eigenvalue weighted by Gasteiger charge is 2.22. The summed E-state index contributed by atoms with van der Waals surface area (Å²) >= 11 is 1.48. The second kappa shape index (κ2) is 6.55. The summed E-state index contributed by atoms with van der Waals surface area (Å²) in [5.41, 5.74) is 1.13. The number of hydrogen-bond acceptors (Lipinski definition) is 5. The second-order valence-electron chi connectivity index (χ2n) is 4.72. The Morgan fingerprint density at radius 1 is 1.32 bits per heavy atom. The van der Waals surface area contributed by atoms with Crippen LogP contribution in [-0.2, 0) is 16.6 Å². The summed E-state index contributed by atoms with van der Waals surface area (Å²) in [6.45, 7) is 2.09. The molecule has 0 aliphatic heterocycles. The van der Waals surface area contributed by atoms with Gasteiger partial charge in [0.1, 0.15) is 0 Å². The van der Waals surface area contributed by atoms with Gasteiger partial charge >= 0.3 is 0 Å².